The molecule has 7 heteroatoms. The standard InChI is InChI=1S/C21H21N3O4/c25-20(22-14-9-10-17-18(13-14)28-12-4-11-27-17)8-3-7-19-23-16-6-2-1-5-15(16)21(26)24-19/h1-2,5-6,9-10,13H,3-4,7-8,11-12H2,(H,22,25)(H,23,24,26). The van der Waals surface area contributed by atoms with Crippen molar-refractivity contribution in [2.75, 3.05) is 18.5 Å². The van der Waals surface area contributed by atoms with Crippen molar-refractivity contribution >= 4 is 22.5 Å². The highest BCUT2D eigenvalue weighted by Gasteiger charge is 2.12. The molecule has 1 aromatic heterocycles. The minimum absolute atomic E-state index is 0.0994. The molecule has 28 heavy (non-hydrogen) atoms. The van der Waals surface area contributed by atoms with E-state index in [1.54, 1.807) is 24.3 Å². The van der Waals surface area contributed by atoms with E-state index >= 15 is 0 Å². The van der Waals surface area contributed by atoms with Gasteiger partial charge in [0.15, 0.2) is 11.5 Å². The van der Waals surface area contributed by atoms with Gasteiger partial charge >= 0.3 is 0 Å². The van der Waals surface area contributed by atoms with E-state index in [0.717, 1.165) is 6.42 Å². The summed E-state index contributed by atoms with van der Waals surface area (Å²) in [5.41, 5.74) is 1.18. The fourth-order valence-electron chi connectivity index (χ4n) is 3.13. The lowest BCUT2D eigenvalue weighted by Gasteiger charge is -2.10. The van der Waals surface area contributed by atoms with Crippen molar-refractivity contribution in [3.05, 3.63) is 58.6 Å². The summed E-state index contributed by atoms with van der Waals surface area (Å²) in [4.78, 5) is 31.6. The number of hydrogen-bond donors (Lipinski definition) is 2. The van der Waals surface area contributed by atoms with Crippen molar-refractivity contribution in [3.8, 4) is 11.5 Å². The van der Waals surface area contributed by atoms with Crippen LogP contribution in [0.5, 0.6) is 11.5 Å². The fraction of sp³-hybridized carbons (Fsp3) is 0.286. The monoisotopic (exact) mass is 379 g/mol. The molecule has 0 fully saturated rings. The lowest BCUT2D eigenvalue weighted by Crippen LogP contribution is -2.14. The number of rotatable bonds is 5. The molecule has 1 aliphatic heterocycles. The Hall–Kier alpha value is -3.35. The van der Waals surface area contributed by atoms with Gasteiger partial charge < -0.3 is 19.8 Å². The molecule has 0 bridgehead atoms. The van der Waals surface area contributed by atoms with Gasteiger partial charge in [0.25, 0.3) is 5.56 Å². The van der Waals surface area contributed by atoms with Crippen LogP contribution in [0.4, 0.5) is 5.69 Å². The number of ether oxygens (including phenoxy) is 2. The summed E-state index contributed by atoms with van der Waals surface area (Å²) >= 11 is 0. The highest BCUT2D eigenvalue weighted by molar-refractivity contribution is 5.91. The second-order valence-corrected chi connectivity index (χ2v) is 6.64. The number of H-pyrrole nitrogens is 1. The van der Waals surface area contributed by atoms with Crippen molar-refractivity contribution in [1.29, 1.82) is 0 Å². The number of fused-ring (bicyclic) bond motifs is 2. The van der Waals surface area contributed by atoms with E-state index in [1.807, 2.05) is 18.2 Å². The molecule has 0 radical (unpaired) electrons. The highest BCUT2D eigenvalue weighted by Crippen LogP contribution is 2.32. The molecule has 0 atom stereocenters. The molecule has 0 spiro atoms. The predicted molar refractivity (Wildman–Crippen MR) is 106 cm³/mol. The van der Waals surface area contributed by atoms with Gasteiger partial charge in [0.1, 0.15) is 5.82 Å². The molecular weight excluding hydrogens is 358 g/mol. The highest BCUT2D eigenvalue weighted by atomic mass is 16.5. The normalized spacial score (nSPS) is 13.1. The maximum Gasteiger partial charge on any atom is 0.258 e. The Balaban J connectivity index is 1.34. The molecule has 4 rings (SSSR count). The van der Waals surface area contributed by atoms with Gasteiger partial charge in [-0.05, 0) is 30.7 Å². The Labute approximate surface area is 161 Å². The second-order valence-electron chi connectivity index (χ2n) is 6.64. The number of nitrogens with zero attached hydrogens (tertiary/aromatic N) is 1. The van der Waals surface area contributed by atoms with E-state index in [0.29, 0.717) is 66.4 Å². The van der Waals surface area contributed by atoms with Crippen molar-refractivity contribution < 1.29 is 14.3 Å². The molecule has 3 aromatic rings. The van der Waals surface area contributed by atoms with E-state index in [9.17, 15) is 9.59 Å². The minimum Gasteiger partial charge on any atom is -0.490 e. The third kappa shape index (κ3) is 4.14. The number of aromatic amines is 1. The average molecular weight is 379 g/mol. The maximum atomic E-state index is 12.2. The molecule has 0 aliphatic carbocycles. The molecular formula is C21H21N3O4. The third-order valence-corrected chi connectivity index (χ3v) is 4.51. The van der Waals surface area contributed by atoms with E-state index in [-0.39, 0.29) is 11.5 Å². The summed E-state index contributed by atoms with van der Waals surface area (Å²) in [7, 11) is 0. The molecule has 2 N–H and O–H groups in total. The van der Waals surface area contributed by atoms with Crippen LogP contribution in [0.15, 0.2) is 47.3 Å². The Morgan fingerprint density at radius 1 is 1.11 bits per heavy atom. The smallest absolute Gasteiger partial charge is 0.258 e. The molecule has 0 saturated carbocycles. The first-order valence-electron chi connectivity index (χ1n) is 9.36. The average Bonchev–Trinajstić information content (AvgIpc) is 2.93. The number of carbonyl (C=O) groups excluding carboxylic acids is 1. The summed E-state index contributed by atoms with van der Waals surface area (Å²) in [6.45, 7) is 1.23. The van der Waals surface area contributed by atoms with Gasteiger partial charge in [-0.1, -0.05) is 12.1 Å². The topological polar surface area (TPSA) is 93.3 Å². The van der Waals surface area contributed by atoms with Gasteiger partial charge in [-0.25, -0.2) is 4.98 Å². The fourth-order valence-corrected chi connectivity index (χ4v) is 3.13. The van der Waals surface area contributed by atoms with E-state index < -0.39 is 0 Å². The molecule has 1 amide bonds. The zero-order valence-electron chi connectivity index (χ0n) is 15.4. The molecule has 144 valence electrons. The van der Waals surface area contributed by atoms with Crippen LogP contribution in [-0.2, 0) is 11.2 Å². The lowest BCUT2D eigenvalue weighted by atomic mass is 10.2. The molecule has 1 aliphatic rings. The molecule has 0 saturated heterocycles. The summed E-state index contributed by atoms with van der Waals surface area (Å²) in [6, 6.07) is 12.6. The van der Waals surface area contributed by atoms with Gasteiger partial charge in [-0.15, -0.1) is 0 Å². The van der Waals surface area contributed by atoms with Crippen molar-refractivity contribution in [3.63, 3.8) is 0 Å². The van der Waals surface area contributed by atoms with Crippen LogP contribution in [0.1, 0.15) is 25.1 Å². The second kappa shape index (κ2) is 8.12. The first kappa shape index (κ1) is 18.0. The Morgan fingerprint density at radius 3 is 2.82 bits per heavy atom. The zero-order valence-corrected chi connectivity index (χ0v) is 15.4. The number of nitrogens with one attached hydrogen (secondary N) is 2. The number of para-hydroxylation sites is 1. The summed E-state index contributed by atoms with van der Waals surface area (Å²) in [6.07, 6.45) is 2.26. The number of aryl methyl sites for hydroxylation is 1. The molecule has 2 aromatic carbocycles. The van der Waals surface area contributed by atoms with Gasteiger partial charge in [0.2, 0.25) is 5.91 Å². The van der Waals surface area contributed by atoms with Crippen LogP contribution in [0.3, 0.4) is 0 Å². The number of hydrogen-bond acceptors (Lipinski definition) is 5. The SMILES string of the molecule is O=C(CCCc1nc2ccccc2c(=O)[nH]1)Nc1ccc2c(c1)OCCCO2. The van der Waals surface area contributed by atoms with Crippen LogP contribution in [-0.4, -0.2) is 29.1 Å². The van der Waals surface area contributed by atoms with Gasteiger partial charge in [0, 0.05) is 31.0 Å². The minimum atomic E-state index is -0.155. The number of benzene rings is 2. The molecule has 0 unspecified atom stereocenters. The Bertz CT molecular complexity index is 1060. The summed E-state index contributed by atoms with van der Waals surface area (Å²) < 4.78 is 11.2. The van der Waals surface area contributed by atoms with Crippen molar-refractivity contribution in [1.82, 2.24) is 9.97 Å². The molecule has 2 heterocycles. The van der Waals surface area contributed by atoms with Crippen LogP contribution in [0, 0.1) is 0 Å². The first-order chi connectivity index (χ1) is 13.7. The number of anilines is 1. The summed E-state index contributed by atoms with van der Waals surface area (Å²) in [5.74, 6) is 1.83. The maximum absolute atomic E-state index is 12.2. The van der Waals surface area contributed by atoms with Crippen LogP contribution in [0.25, 0.3) is 10.9 Å². The van der Waals surface area contributed by atoms with Gasteiger partial charge in [-0.3, -0.25) is 9.59 Å². The van der Waals surface area contributed by atoms with E-state index in [2.05, 4.69) is 15.3 Å². The van der Waals surface area contributed by atoms with Crippen LogP contribution < -0.4 is 20.3 Å². The number of aromatic nitrogens is 2. The van der Waals surface area contributed by atoms with Gasteiger partial charge in [0.05, 0.1) is 24.1 Å². The van der Waals surface area contributed by atoms with E-state index in [1.165, 1.54) is 0 Å². The molecule has 7 nitrogen and oxygen atoms in total. The quantitative estimate of drug-likeness (QED) is 0.711. The Kier molecular flexibility index (Phi) is 5.23. The predicted octanol–water partition coefficient (Wildman–Crippen LogP) is 3.05. The van der Waals surface area contributed by atoms with Crippen LogP contribution in [0.2, 0.25) is 0 Å². The number of amides is 1. The van der Waals surface area contributed by atoms with Crippen molar-refractivity contribution in [2.45, 2.75) is 25.7 Å². The summed E-state index contributed by atoms with van der Waals surface area (Å²) in [5, 5.41) is 3.44. The Morgan fingerprint density at radius 2 is 1.93 bits per heavy atom. The van der Waals surface area contributed by atoms with Gasteiger partial charge in [-0.2, -0.15) is 0 Å². The third-order valence-electron chi connectivity index (χ3n) is 4.51. The lowest BCUT2D eigenvalue weighted by molar-refractivity contribution is -0.116. The number of carbonyl (C=O) groups is 1. The zero-order chi connectivity index (χ0) is 19.3. The van der Waals surface area contributed by atoms with E-state index in [4.69, 9.17) is 9.47 Å². The first-order valence-corrected chi connectivity index (χ1v) is 9.36. The largest absolute Gasteiger partial charge is 0.490 e. The van der Waals surface area contributed by atoms with Crippen LogP contribution >= 0.6 is 0 Å². The van der Waals surface area contributed by atoms with Crippen molar-refractivity contribution in [2.24, 2.45) is 0 Å².